The highest BCUT2D eigenvalue weighted by molar-refractivity contribution is 6.01. The van der Waals surface area contributed by atoms with Gasteiger partial charge < -0.3 is 14.6 Å². The van der Waals surface area contributed by atoms with Crippen LogP contribution < -0.4 is 5.32 Å². The van der Waals surface area contributed by atoms with Crippen molar-refractivity contribution >= 4 is 11.9 Å². The Morgan fingerprint density at radius 2 is 2.04 bits per heavy atom. The average Bonchev–Trinajstić information content (AvgIpc) is 2.84. The summed E-state index contributed by atoms with van der Waals surface area (Å²) in [7, 11) is 0. The van der Waals surface area contributed by atoms with Crippen molar-refractivity contribution in [2.24, 2.45) is 0 Å². The van der Waals surface area contributed by atoms with Gasteiger partial charge in [-0.3, -0.25) is 9.78 Å². The number of nitrogens with one attached hydrogen (secondary N) is 1. The monoisotopic (exact) mass is 329 g/mol. The second kappa shape index (κ2) is 7.77. The number of rotatable bonds is 6. The molecule has 0 atom stereocenters. The van der Waals surface area contributed by atoms with Crippen molar-refractivity contribution in [3.63, 3.8) is 0 Å². The molecule has 1 amide bonds. The lowest BCUT2D eigenvalue weighted by Gasteiger charge is -2.08. The minimum Gasteiger partial charge on any atom is -0.461 e. The van der Waals surface area contributed by atoms with Crippen LogP contribution in [0.5, 0.6) is 0 Å². The Hall–Kier alpha value is -2.63. The van der Waals surface area contributed by atoms with Gasteiger partial charge >= 0.3 is 5.97 Å². The lowest BCUT2D eigenvalue weighted by atomic mass is 10.1. The molecule has 0 radical (unpaired) electrons. The van der Waals surface area contributed by atoms with E-state index in [0.717, 1.165) is 11.3 Å². The predicted octanol–water partition coefficient (Wildman–Crippen LogP) is 2.63. The van der Waals surface area contributed by atoms with Crippen molar-refractivity contribution in [3.05, 3.63) is 52.6 Å². The van der Waals surface area contributed by atoms with Gasteiger partial charge in [-0.2, -0.15) is 0 Å². The van der Waals surface area contributed by atoms with E-state index in [-0.39, 0.29) is 5.91 Å². The second-order valence-corrected chi connectivity index (χ2v) is 5.44. The number of carbonyl (C=O) groups excluding carboxylic acids is 2. The number of ether oxygens (including phenoxy) is 1. The van der Waals surface area contributed by atoms with Crippen LogP contribution >= 0.6 is 0 Å². The maximum absolute atomic E-state index is 12.6. The molecule has 1 N–H and O–H groups in total. The summed E-state index contributed by atoms with van der Waals surface area (Å²) >= 11 is 0. The van der Waals surface area contributed by atoms with Crippen molar-refractivity contribution in [2.75, 3.05) is 6.61 Å². The Labute approximate surface area is 141 Å². The third-order valence-corrected chi connectivity index (χ3v) is 3.95. The number of amides is 1. The van der Waals surface area contributed by atoms with Crippen molar-refractivity contribution < 1.29 is 14.3 Å². The van der Waals surface area contributed by atoms with Crippen LogP contribution in [-0.2, 0) is 17.8 Å². The number of hydrogen-bond donors (Lipinski definition) is 1. The first-order valence-corrected chi connectivity index (χ1v) is 8.05. The molecule has 24 heavy (non-hydrogen) atoms. The van der Waals surface area contributed by atoms with E-state index in [9.17, 15) is 9.59 Å². The Morgan fingerprint density at radius 3 is 2.62 bits per heavy atom. The Kier molecular flexibility index (Phi) is 5.73. The molecule has 2 rings (SSSR count). The minimum absolute atomic E-state index is 0.202. The molecule has 2 heterocycles. The van der Waals surface area contributed by atoms with Crippen LogP contribution in [0.15, 0.2) is 24.5 Å². The molecule has 128 valence electrons. The standard InChI is InChI=1S/C18H23N3O3/c1-5-21-13(4)15(12(3)16(21)18(23)24-6-2)17(22)20-11-14-8-7-9-19-10-14/h7-10H,5-6,11H2,1-4H3,(H,20,22). The van der Waals surface area contributed by atoms with Gasteiger partial charge in [-0.1, -0.05) is 6.07 Å². The molecule has 2 aromatic rings. The number of aromatic nitrogens is 2. The van der Waals surface area contributed by atoms with Gasteiger partial charge in [0.15, 0.2) is 0 Å². The van der Waals surface area contributed by atoms with E-state index in [2.05, 4.69) is 10.3 Å². The van der Waals surface area contributed by atoms with Crippen LogP contribution in [0.3, 0.4) is 0 Å². The lowest BCUT2D eigenvalue weighted by molar-refractivity contribution is 0.0512. The van der Waals surface area contributed by atoms with Crippen LogP contribution in [0.4, 0.5) is 0 Å². The van der Waals surface area contributed by atoms with Crippen molar-refractivity contribution in [3.8, 4) is 0 Å². The van der Waals surface area contributed by atoms with Crippen molar-refractivity contribution in [2.45, 2.75) is 40.8 Å². The van der Waals surface area contributed by atoms with E-state index in [1.54, 1.807) is 26.2 Å². The SMILES string of the molecule is CCOC(=O)c1c(C)c(C(=O)NCc2cccnc2)c(C)n1CC. The molecular weight excluding hydrogens is 306 g/mol. The van der Waals surface area contributed by atoms with Gasteiger partial charge in [0.25, 0.3) is 5.91 Å². The number of hydrogen-bond acceptors (Lipinski definition) is 4. The van der Waals surface area contributed by atoms with Crippen molar-refractivity contribution in [1.29, 1.82) is 0 Å². The second-order valence-electron chi connectivity index (χ2n) is 5.44. The third kappa shape index (κ3) is 3.48. The van der Waals surface area contributed by atoms with E-state index in [1.165, 1.54) is 0 Å². The topological polar surface area (TPSA) is 73.2 Å². The van der Waals surface area contributed by atoms with Gasteiger partial charge in [0, 0.05) is 31.2 Å². The van der Waals surface area contributed by atoms with Gasteiger partial charge in [0.2, 0.25) is 0 Å². The number of nitrogens with zero attached hydrogens (tertiary/aromatic N) is 2. The maximum Gasteiger partial charge on any atom is 0.355 e. The summed E-state index contributed by atoms with van der Waals surface area (Å²) in [6.45, 7) is 8.61. The highest BCUT2D eigenvalue weighted by Crippen LogP contribution is 2.23. The molecular formula is C18H23N3O3. The summed E-state index contributed by atoms with van der Waals surface area (Å²) in [6.07, 6.45) is 3.40. The zero-order valence-corrected chi connectivity index (χ0v) is 14.5. The van der Waals surface area contributed by atoms with E-state index in [4.69, 9.17) is 4.74 Å². The Bertz CT molecular complexity index is 736. The normalized spacial score (nSPS) is 10.5. The molecule has 0 saturated carbocycles. The third-order valence-electron chi connectivity index (χ3n) is 3.95. The molecule has 0 aromatic carbocycles. The fourth-order valence-electron chi connectivity index (χ4n) is 2.86. The summed E-state index contributed by atoms with van der Waals surface area (Å²) in [4.78, 5) is 28.9. The smallest absolute Gasteiger partial charge is 0.355 e. The van der Waals surface area contributed by atoms with Gasteiger partial charge in [-0.25, -0.2) is 4.79 Å². The molecule has 6 nitrogen and oxygen atoms in total. The molecule has 0 spiro atoms. The summed E-state index contributed by atoms with van der Waals surface area (Å²) in [5.74, 6) is -0.599. The van der Waals surface area contributed by atoms with Crippen molar-refractivity contribution in [1.82, 2.24) is 14.9 Å². The van der Waals surface area contributed by atoms with Crippen LogP contribution in [0.25, 0.3) is 0 Å². The summed E-state index contributed by atoms with van der Waals surface area (Å²) < 4.78 is 6.95. The van der Waals surface area contributed by atoms with E-state index in [0.29, 0.717) is 36.5 Å². The van der Waals surface area contributed by atoms with Gasteiger partial charge in [-0.05, 0) is 44.9 Å². The largest absolute Gasteiger partial charge is 0.461 e. The van der Waals surface area contributed by atoms with Crippen LogP contribution in [0.2, 0.25) is 0 Å². The van der Waals surface area contributed by atoms with E-state index >= 15 is 0 Å². The molecule has 0 unspecified atom stereocenters. The van der Waals surface area contributed by atoms with Crippen LogP contribution in [-0.4, -0.2) is 28.0 Å². The molecule has 0 aliphatic carbocycles. The Balaban J connectivity index is 2.29. The van der Waals surface area contributed by atoms with Gasteiger partial charge in [0.1, 0.15) is 5.69 Å². The minimum atomic E-state index is -0.397. The van der Waals surface area contributed by atoms with Crippen LogP contribution in [0.1, 0.15) is 51.5 Å². The average molecular weight is 329 g/mol. The number of carbonyl (C=O) groups is 2. The van der Waals surface area contributed by atoms with E-state index < -0.39 is 5.97 Å². The predicted molar refractivity (Wildman–Crippen MR) is 90.9 cm³/mol. The zero-order chi connectivity index (χ0) is 17.7. The lowest BCUT2D eigenvalue weighted by Crippen LogP contribution is -2.24. The fraction of sp³-hybridized carbons (Fsp3) is 0.389. The molecule has 6 heteroatoms. The number of esters is 1. The molecule has 0 saturated heterocycles. The van der Waals surface area contributed by atoms with Crippen LogP contribution in [0, 0.1) is 13.8 Å². The first-order chi connectivity index (χ1) is 11.5. The Morgan fingerprint density at radius 1 is 1.29 bits per heavy atom. The summed E-state index contributed by atoms with van der Waals surface area (Å²) in [6, 6.07) is 3.72. The highest BCUT2D eigenvalue weighted by Gasteiger charge is 2.26. The molecule has 0 aliphatic rings. The zero-order valence-electron chi connectivity index (χ0n) is 14.5. The fourth-order valence-corrected chi connectivity index (χ4v) is 2.86. The van der Waals surface area contributed by atoms with E-state index in [1.807, 2.05) is 30.5 Å². The highest BCUT2D eigenvalue weighted by atomic mass is 16.5. The molecule has 0 bridgehead atoms. The van der Waals surface area contributed by atoms with Gasteiger partial charge in [-0.15, -0.1) is 0 Å². The summed E-state index contributed by atoms with van der Waals surface area (Å²) in [5.41, 5.74) is 3.31. The molecule has 0 fully saturated rings. The maximum atomic E-state index is 12.6. The summed E-state index contributed by atoms with van der Waals surface area (Å²) in [5, 5.41) is 2.89. The molecule has 2 aromatic heterocycles. The first-order valence-electron chi connectivity index (χ1n) is 8.05. The quantitative estimate of drug-likeness (QED) is 0.827. The first kappa shape index (κ1) is 17.7. The van der Waals surface area contributed by atoms with Gasteiger partial charge in [0.05, 0.1) is 12.2 Å². The number of pyridine rings is 1. The molecule has 0 aliphatic heterocycles.